The maximum absolute atomic E-state index is 10.9. The molecule has 1 fully saturated rings. The average molecular weight is 277 g/mol. The molecule has 3 N–H and O–H groups in total. The normalized spacial score (nSPS) is 17.4. The zero-order valence-electron chi connectivity index (χ0n) is 12.2. The summed E-state index contributed by atoms with van der Waals surface area (Å²) in [6, 6.07) is 2.41. The molecule has 1 aliphatic heterocycles. The molecule has 6 nitrogen and oxygen atoms in total. The van der Waals surface area contributed by atoms with Crippen LogP contribution in [0.2, 0.25) is 0 Å². The third-order valence-electron chi connectivity index (χ3n) is 3.60. The first kappa shape index (κ1) is 14.7. The van der Waals surface area contributed by atoms with Crippen molar-refractivity contribution in [2.75, 3.05) is 25.0 Å². The number of carbonyl (C=O) groups is 1. The van der Waals surface area contributed by atoms with Gasteiger partial charge < -0.3 is 11.1 Å². The molecule has 0 atom stereocenters. The maximum Gasteiger partial charge on any atom is 0.231 e. The number of hydrogen-bond acceptors (Lipinski definition) is 5. The van der Waals surface area contributed by atoms with Crippen molar-refractivity contribution in [3.63, 3.8) is 0 Å². The Bertz CT molecular complexity index is 455. The Morgan fingerprint density at radius 1 is 1.45 bits per heavy atom. The van der Waals surface area contributed by atoms with Crippen LogP contribution in [0.4, 0.5) is 5.82 Å². The third-order valence-corrected chi connectivity index (χ3v) is 3.60. The molecule has 20 heavy (non-hydrogen) atoms. The summed E-state index contributed by atoms with van der Waals surface area (Å²) in [7, 11) is 0. The van der Waals surface area contributed by atoms with Crippen molar-refractivity contribution < 1.29 is 4.79 Å². The number of primary amides is 1. The van der Waals surface area contributed by atoms with Crippen LogP contribution in [0.1, 0.15) is 38.3 Å². The molecular weight excluding hydrogens is 254 g/mol. The molecule has 0 aromatic carbocycles. The minimum Gasteiger partial charge on any atom is -0.369 e. The summed E-state index contributed by atoms with van der Waals surface area (Å²) in [4.78, 5) is 21.5. The molecule has 110 valence electrons. The lowest BCUT2D eigenvalue weighted by Gasteiger charge is -2.31. The van der Waals surface area contributed by atoms with E-state index in [1.807, 2.05) is 6.07 Å². The Morgan fingerprint density at radius 3 is 2.75 bits per heavy atom. The van der Waals surface area contributed by atoms with Crippen molar-refractivity contribution in [3.05, 3.63) is 18.1 Å². The highest BCUT2D eigenvalue weighted by Crippen LogP contribution is 2.17. The van der Waals surface area contributed by atoms with E-state index in [9.17, 15) is 4.79 Å². The van der Waals surface area contributed by atoms with E-state index in [1.54, 1.807) is 6.33 Å². The number of hydrogen-bond donors (Lipinski definition) is 2. The van der Waals surface area contributed by atoms with Gasteiger partial charge in [0.2, 0.25) is 5.91 Å². The lowest BCUT2D eigenvalue weighted by atomic mass is 10.0. The van der Waals surface area contributed by atoms with Gasteiger partial charge in [-0.1, -0.05) is 13.8 Å². The fraction of sp³-hybridized carbons (Fsp3) is 0.643. The van der Waals surface area contributed by atoms with Crippen LogP contribution in [-0.2, 0) is 4.79 Å². The molecule has 1 aliphatic rings. The van der Waals surface area contributed by atoms with Gasteiger partial charge in [-0.25, -0.2) is 9.97 Å². The van der Waals surface area contributed by atoms with Gasteiger partial charge >= 0.3 is 0 Å². The molecule has 2 rings (SSSR count). The molecule has 0 bridgehead atoms. The summed E-state index contributed by atoms with van der Waals surface area (Å²) in [6.45, 7) is 6.38. The molecule has 0 unspecified atom stereocenters. The molecule has 6 heteroatoms. The van der Waals surface area contributed by atoms with E-state index in [2.05, 4.69) is 34.0 Å². The maximum atomic E-state index is 10.9. The highest BCUT2D eigenvalue weighted by Gasteiger charge is 2.20. The van der Waals surface area contributed by atoms with Crippen LogP contribution in [0.5, 0.6) is 0 Å². The summed E-state index contributed by atoms with van der Waals surface area (Å²) in [5.74, 6) is 1.03. The van der Waals surface area contributed by atoms with Gasteiger partial charge in [-0.3, -0.25) is 9.69 Å². The Kier molecular flexibility index (Phi) is 4.89. The monoisotopic (exact) mass is 277 g/mol. The van der Waals surface area contributed by atoms with Gasteiger partial charge in [0.05, 0.1) is 6.54 Å². The molecule has 0 aliphatic carbocycles. The molecule has 1 amide bonds. The van der Waals surface area contributed by atoms with E-state index >= 15 is 0 Å². The van der Waals surface area contributed by atoms with Gasteiger partial charge in [0.25, 0.3) is 0 Å². The molecular formula is C14H23N5O. The Balaban J connectivity index is 1.86. The van der Waals surface area contributed by atoms with E-state index in [-0.39, 0.29) is 5.91 Å². The summed E-state index contributed by atoms with van der Waals surface area (Å²) < 4.78 is 0. The number of aromatic nitrogens is 2. The Hall–Kier alpha value is -1.69. The van der Waals surface area contributed by atoms with E-state index < -0.39 is 0 Å². The minimum atomic E-state index is -0.256. The van der Waals surface area contributed by atoms with Gasteiger partial charge in [-0.2, -0.15) is 0 Å². The van der Waals surface area contributed by atoms with E-state index in [4.69, 9.17) is 5.73 Å². The first-order valence-corrected chi connectivity index (χ1v) is 7.13. The van der Waals surface area contributed by atoms with Crippen LogP contribution in [0, 0.1) is 0 Å². The second-order valence-corrected chi connectivity index (χ2v) is 5.64. The number of piperidine rings is 1. The summed E-state index contributed by atoms with van der Waals surface area (Å²) in [6.07, 6.45) is 3.60. The Labute approximate surface area is 119 Å². The average Bonchev–Trinajstić information content (AvgIpc) is 2.41. The van der Waals surface area contributed by atoms with Crippen molar-refractivity contribution in [1.29, 1.82) is 0 Å². The fourth-order valence-electron chi connectivity index (χ4n) is 2.43. The molecule has 1 aromatic rings. The number of nitrogens with two attached hydrogens (primary N) is 1. The highest BCUT2D eigenvalue weighted by atomic mass is 16.1. The van der Waals surface area contributed by atoms with Gasteiger partial charge in [0, 0.05) is 30.9 Å². The Morgan fingerprint density at radius 2 is 2.15 bits per heavy atom. The van der Waals surface area contributed by atoms with Crippen LogP contribution in [0.3, 0.4) is 0 Å². The van der Waals surface area contributed by atoms with Crippen molar-refractivity contribution in [2.45, 2.75) is 38.6 Å². The topological polar surface area (TPSA) is 84.1 Å². The highest BCUT2D eigenvalue weighted by molar-refractivity contribution is 5.75. The standard InChI is InChI=1S/C14H23N5O/c1-10(2)12-7-14(17-9-16-12)18-11-3-5-19(6-4-11)8-13(15)20/h7,9-11H,3-6,8H2,1-2H3,(H2,15,20)(H,16,17,18). The van der Waals surface area contributed by atoms with Crippen molar-refractivity contribution in [2.24, 2.45) is 5.73 Å². The van der Waals surface area contributed by atoms with Crippen LogP contribution in [0.25, 0.3) is 0 Å². The summed E-state index contributed by atoms with van der Waals surface area (Å²) in [5.41, 5.74) is 6.26. The number of carbonyl (C=O) groups excluding carboxylic acids is 1. The smallest absolute Gasteiger partial charge is 0.231 e. The van der Waals surface area contributed by atoms with Crippen LogP contribution in [0.15, 0.2) is 12.4 Å². The van der Waals surface area contributed by atoms with E-state index in [1.165, 1.54) is 0 Å². The SMILES string of the molecule is CC(C)c1cc(NC2CCN(CC(N)=O)CC2)ncn1. The van der Waals surface area contributed by atoms with Gasteiger partial charge in [0.1, 0.15) is 12.1 Å². The van der Waals surface area contributed by atoms with Crippen molar-refractivity contribution >= 4 is 11.7 Å². The number of amides is 1. The van der Waals surface area contributed by atoms with Gasteiger partial charge in [-0.15, -0.1) is 0 Å². The minimum absolute atomic E-state index is 0.256. The third kappa shape index (κ3) is 4.16. The zero-order chi connectivity index (χ0) is 14.5. The lowest BCUT2D eigenvalue weighted by Crippen LogP contribution is -2.43. The predicted molar refractivity (Wildman–Crippen MR) is 78.4 cm³/mol. The number of anilines is 1. The quantitative estimate of drug-likeness (QED) is 0.837. The number of likely N-dealkylation sites (tertiary alicyclic amines) is 1. The van der Waals surface area contributed by atoms with Gasteiger partial charge in [-0.05, 0) is 18.8 Å². The number of nitrogens with zero attached hydrogens (tertiary/aromatic N) is 3. The summed E-state index contributed by atoms with van der Waals surface area (Å²) >= 11 is 0. The molecule has 0 spiro atoms. The largest absolute Gasteiger partial charge is 0.369 e. The number of nitrogens with one attached hydrogen (secondary N) is 1. The number of rotatable bonds is 5. The zero-order valence-corrected chi connectivity index (χ0v) is 12.2. The first-order chi connectivity index (χ1) is 9.54. The molecule has 0 saturated carbocycles. The molecule has 1 saturated heterocycles. The van der Waals surface area contributed by atoms with Crippen molar-refractivity contribution in [1.82, 2.24) is 14.9 Å². The van der Waals surface area contributed by atoms with E-state index in [0.717, 1.165) is 37.4 Å². The second-order valence-electron chi connectivity index (χ2n) is 5.64. The molecule has 0 radical (unpaired) electrons. The molecule has 1 aromatic heterocycles. The predicted octanol–water partition coefficient (Wildman–Crippen LogP) is 0.962. The molecule has 2 heterocycles. The van der Waals surface area contributed by atoms with E-state index in [0.29, 0.717) is 18.5 Å². The van der Waals surface area contributed by atoms with Crippen LogP contribution < -0.4 is 11.1 Å². The first-order valence-electron chi connectivity index (χ1n) is 7.13. The summed E-state index contributed by atoms with van der Waals surface area (Å²) in [5, 5.41) is 3.46. The lowest BCUT2D eigenvalue weighted by molar-refractivity contribution is -0.119. The van der Waals surface area contributed by atoms with Gasteiger partial charge in [0.15, 0.2) is 0 Å². The van der Waals surface area contributed by atoms with Crippen molar-refractivity contribution in [3.8, 4) is 0 Å². The fourth-order valence-corrected chi connectivity index (χ4v) is 2.43. The van der Waals surface area contributed by atoms with Crippen LogP contribution >= 0.6 is 0 Å². The second kappa shape index (κ2) is 6.65. The van der Waals surface area contributed by atoms with Crippen LogP contribution in [-0.4, -0.2) is 46.5 Å².